The van der Waals surface area contributed by atoms with Gasteiger partial charge in [-0.05, 0) is 51.5 Å². The highest BCUT2D eigenvalue weighted by Gasteiger charge is 2.26. The lowest BCUT2D eigenvalue weighted by Gasteiger charge is -2.21. The molecule has 0 saturated heterocycles. The number of rotatable bonds is 7. The van der Waals surface area contributed by atoms with Crippen LogP contribution in [0.1, 0.15) is 48.6 Å². The van der Waals surface area contributed by atoms with Crippen molar-refractivity contribution < 1.29 is 9.53 Å². The first kappa shape index (κ1) is 21.1. The number of thiazole rings is 1. The average molecular weight is 435 g/mol. The lowest BCUT2D eigenvalue weighted by molar-refractivity contribution is 0.0973. The van der Waals surface area contributed by atoms with Gasteiger partial charge in [-0.2, -0.15) is 5.10 Å². The van der Waals surface area contributed by atoms with Gasteiger partial charge < -0.3 is 4.74 Å². The van der Waals surface area contributed by atoms with Crippen LogP contribution in [0.2, 0.25) is 0 Å². The number of hydrogen-bond acceptors (Lipinski definition) is 5. The molecular weight excluding hydrogens is 408 g/mol. The largest absolute Gasteiger partial charge is 0.492 e. The highest BCUT2D eigenvalue weighted by molar-refractivity contribution is 7.22. The molecule has 2 aromatic heterocycles. The number of fused-ring (bicyclic) bond motifs is 1. The summed E-state index contributed by atoms with van der Waals surface area (Å²) in [4.78, 5) is 20.3. The van der Waals surface area contributed by atoms with E-state index in [-0.39, 0.29) is 11.9 Å². The molecule has 4 aromatic rings. The number of anilines is 1. The molecule has 0 unspecified atom stereocenters. The van der Waals surface area contributed by atoms with E-state index in [9.17, 15) is 4.79 Å². The average Bonchev–Trinajstić information content (AvgIpc) is 3.37. The predicted octanol–water partition coefficient (Wildman–Crippen LogP) is 5.63. The number of nitrogens with zero attached hydrogens (tertiary/aromatic N) is 4. The second kappa shape index (κ2) is 8.89. The van der Waals surface area contributed by atoms with Crippen LogP contribution in [0.25, 0.3) is 10.2 Å². The number of amides is 1. The second-order valence-corrected chi connectivity index (χ2v) is 8.63. The van der Waals surface area contributed by atoms with Gasteiger partial charge in [0.2, 0.25) is 0 Å². The van der Waals surface area contributed by atoms with Crippen LogP contribution in [0, 0.1) is 6.92 Å². The minimum Gasteiger partial charge on any atom is -0.492 e. The Kier molecular flexibility index (Phi) is 6.04. The van der Waals surface area contributed by atoms with Crippen molar-refractivity contribution in [3.63, 3.8) is 0 Å². The van der Waals surface area contributed by atoms with Crippen molar-refractivity contribution >= 4 is 32.6 Å². The molecule has 0 spiro atoms. The molecular formula is C24H26N4O2S. The standard InChI is InChI=1S/C24H26N4O2S/c1-5-30-20-12-9-13-21-22(20)25-24(31-21)27(15-18-10-7-6-8-11-18)23(29)19-14-17(4)26-28(19)16(2)3/h6-14,16H,5,15H2,1-4H3. The summed E-state index contributed by atoms with van der Waals surface area (Å²) in [5, 5.41) is 5.17. The Hall–Kier alpha value is -3.19. The van der Waals surface area contributed by atoms with Crippen LogP contribution in [0.3, 0.4) is 0 Å². The highest BCUT2D eigenvalue weighted by atomic mass is 32.1. The van der Waals surface area contributed by atoms with Crippen molar-refractivity contribution in [1.82, 2.24) is 14.8 Å². The predicted molar refractivity (Wildman–Crippen MR) is 125 cm³/mol. The van der Waals surface area contributed by atoms with E-state index in [1.807, 2.05) is 82.3 Å². The lowest BCUT2D eigenvalue weighted by Crippen LogP contribution is -2.32. The van der Waals surface area contributed by atoms with Crippen molar-refractivity contribution in [2.75, 3.05) is 11.5 Å². The third-order valence-electron chi connectivity index (χ3n) is 4.90. The van der Waals surface area contributed by atoms with Crippen LogP contribution in [-0.2, 0) is 6.54 Å². The quantitative estimate of drug-likeness (QED) is 0.378. The number of ether oxygens (including phenoxy) is 1. The zero-order chi connectivity index (χ0) is 22.0. The molecule has 0 aliphatic carbocycles. The first-order valence-electron chi connectivity index (χ1n) is 10.4. The Labute approximate surface area is 186 Å². The van der Waals surface area contributed by atoms with Crippen LogP contribution in [0.15, 0.2) is 54.6 Å². The Morgan fingerprint density at radius 1 is 1.16 bits per heavy atom. The fraction of sp³-hybridized carbons (Fsp3) is 0.292. The Bertz CT molecular complexity index is 1200. The first-order chi connectivity index (χ1) is 15.0. The molecule has 160 valence electrons. The minimum absolute atomic E-state index is 0.0751. The van der Waals surface area contributed by atoms with E-state index in [2.05, 4.69) is 5.10 Å². The van der Waals surface area contributed by atoms with Gasteiger partial charge in [-0.15, -0.1) is 0 Å². The van der Waals surface area contributed by atoms with Gasteiger partial charge in [-0.25, -0.2) is 4.98 Å². The minimum atomic E-state index is -0.116. The summed E-state index contributed by atoms with van der Waals surface area (Å²) in [6.45, 7) is 8.89. The zero-order valence-corrected chi connectivity index (χ0v) is 19.0. The van der Waals surface area contributed by atoms with Crippen LogP contribution in [0.5, 0.6) is 5.75 Å². The van der Waals surface area contributed by atoms with Gasteiger partial charge in [0, 0.05) is 6.04 Å². The van der Waals surface area contributed by atoms with E-state index in [1.165, 1.54) is 11.3 Å². The fourth-order valence-corrected chi connectivity index (χ4v) is 4.48. The summed E-state index contributed by atoms with van der Waals surface area (Å²) in [6.07, 6.45) is 0. The SMILES string of the molecule is CCOc1cccc2sc(N(Cc3ccccc3)C(=O)c3cc(C)nn3C(C)C)nc12. The Morgan fingerprint density at radius 3 is 2.65 bits per heavy atom. The summed E-state index contributed by atoms with van der Waals surface area (Å²) in [5.41, 5.74) is 3.20. The van der Waals surface area contributed by atoms with E-state index < -0.39 is 0 Å². The van der Waals surface area contributed by atoms with E-state index in [0.717, 1.165) is 27.2 Å². The first-order valence-corrected chi connectivity index (χ1v) is 11.2. The topological polar surface area (TPSA) is 60.2 Å². The monoisotopic (exact) mass is 434 g/mol. The van der Waals surface area contributed by atoms with Crippen molar-refractivity contribution in [2.45, 2.75) is 40.3 Å². The van der Waals surface area contributed by atoms with Gasteiger partial charge in [0.25, 0.3) is 5.91 Å². The zero-order valence-electron chi connectivity index (χ0n) is 18.2. The molecule has 0 N–H and O–H groups in total. The molecule has 2 heterocycles. The molecule has 0 fully saturated rings. The van der Waals surface area contributed by atoms with Crippen LogP contribution >= 0.6 is 11.3 Å². The van der Waals surface area contributed by atoms with Crippen molar-refractivity contribution in [1.29, 1.82) is 0 Å². The van der Waals surface area contributed by atoms with Crippen LogP contribution in [0.4, 0.5) is 5.13 Å². The molecule has 0 bridgehead atoms. The normalized spacial score (nSPS) is 11.3. The van der Waals surface area contributed by atoms with Crippen molar-refractivity contribution in [2.24, 2.45) is 0 Å². The molecule has 0 aliphatic heterocycles. The van der Waals surface area contributed by atoms with Gasteiger partial charge in [-0.1, -0.05) is 47.7 Å². The molecule has 2 aromatic carbocycles. The number of aromatic nitrogens is 3. The smallest absolute Gasteiger partial charge is 0.278 e. The number of para-hydroxylation sites is 1. The van der Waals surface area contributed by atoms with Gasteiger partial charge >= 0.3 is 0 Å². The number of hydrogen-bond donors (Lipinski definition) is 0. The molecule has 4 rings (SSSR count). The fourth-order valence-electron chi connectivity index (χ4n) is 3.50. The summed E-state index contributed by atoms with van der Waals surface area (Å²) in [6, 6.07) is 17.8. The maximum Gasteiger partial charge on any atom is 0.278 e. The molecule has 0 saturated carbocycles. The van der Waals surface area contributed by atoms with E-state index in [1.54, 1.807) is 9.58 Å². The maximum absolute atomic E-state index is 13.8. The van der Waals surface area contributed by atoms with Gasteiger partial charge in [-0.3, -0.25) is 14.4 Å². The molecule has 0 atom stereocenters. The molecule has 6 nitrogen and oxygen atoms in total. The Balaban J connectivity index is 1.81. The van der Waals surface area contributed by atoms with Gasteiger partial charge in [0.05, 0.1) is 23.5 Å². The molecule has 7 heteroatoms. The molecule has 1 amide bonds. The summed E-state index contributed by atoms with van der Waals surface area (Å²) in [5.74, 6) is 0.618. The maximum atomic E-state index is 13.8. The number of aryl methyl sites for hydroxylation is 1. The lowest BCUT2D eigenvalue weighted by atomic mass is 10.2. The van der Waals surface area contributed by atoms with E-state index in [0.29, 0.717) is 24.0 Å². The van der Waals surface area contributed by atoms with Gasteiger partial charge in [0.1, 0.15) is 17.0 Å². The molecule has 0 radical (unpaired) electrons. The van der Waals surface area contributed by atoms with E-state index in [4.69, 9.17) is 9.72 Å². The third kappa shape index (κ3) is 4.32. The van der Waals surface area contributed by atoms with Crippen molar-refractivity contribution in [3.8, 4) is 5.75 Å². The van der Waals surface area contributed by atoms with E-state index >= 15 is 0 Å². The Morgan fingerprint density at radius 2 is 1.94 bits per heavy atom. The number of benzene rings is 2. The number of carbonyl (C=O) groups excluding carboxylic acids is 1. The van der Waals surface area contributed by atoms with Crippen LogP contribution < -0.4 is 9.64 Å². The van der Waals surface area contributed by atoms with Crippen LogP contribution in [-0.4, -0.2) is 27.3 Å². The number of carbonyl (C=O) groups is 1. The summed E-state index contributed by atoms with van der Waals surface area (Å²) < 4.78 is 8.53. The molecule has 0 aliphatic rings. The van der Waals surface area contributed by atoms with Gasteiger partial charge in [0.15, 0.2) is 5.13 Å². The summed E-state index contributed by atoms with van der Waals surface area (Å²) in [7, 11) is 0. The van der Waals surface area contributed by atoms with Crippen molar-refractivity contribution in [3.05, 3.63) is 71.5 Å². The third-order valence-corrected chi connectivity index (χ3v) is 5.94. The highest BCUT2D eigenvalue weighted by Crippen LogP contribution is 2.35. The second-order valence-electron chi connectivity index (χ2n) is 7.62. The summed E-state index contributed by atoms with van der Waals surface area (Å²) >= 11 is 1.49. The molecule has 31 heavy (non-hydrogen) atoms.